The minimum atomic E-state index is -0.354. The van der Waals surface area contributed by atoms with E-state index in [-0.39, 0.29) is 10.8 Å². The summed E-state index contributed by atoms with van der Waals surface area (Å²) in [5.74, 6) is 6.15. The van der Waals surface area contributed by atoms with E-state index in [1.54, 1.807) is 12.4 Å². The predicted octanol–water partition coefficient (Wildman–Crippen LogP) is 3.49. The second kappa shape index (κ2) is 6.57. The summed E-state index contributed by atoms with van der Waals surface area (Å²) in [6.07, 6.45) is 7.27. The summed E-state index contributed by atoms with van der Waals surface area (Å²) in [5.41, 5.74) is 5.00. The Bertz CT molecular complexity index is 911. The average Bonchev–Trinajstić information content (AvgIpc) is 3.24. The number of anilines is 1. The third-order valence-electron chi connectivity index (χ3n) is 4.91. The van der Waals surface area contributed by atoms with Crippen molar-refractivity contribution in [1.82, 2.24) is 19.5 Å². The lowest BCUT2D eigenvalue weighted by molar-refractivity contribution is 0.480. The number of nitrogens with one attached hydrogen (secondary N) is 1. The van der Waals surface area contributed by atoms with Gasteiger partial charge in [0.25, 0.3) is 0 Å². The van der Waals surface area contributed by atoms with E-state index < -0.39 is 0 Å². The summed E-state index contributed by atoms with van der Waals surface area (Å²) < 4.78 is 15.7. The van der Waals surface area contributed by atoms with Crippen LogP contribution in [0.5, 0.6) is 0 Å². The van der Waals surface area contributed by atoms with E-state index in [0.717, 1.165) is 36.9 Å². The molecule has 25 heavy (non-hydrogen) atoms. The molecule has 0 radical (unpaired) electrons. The first-order chi connectivity index (χ1) is 12.2. The summed E-state index contributed by atoms with van der Waals surface area (Å²) in [7, 11) is 0. The topological polar surface area (TPSA) is 81.7 Å². The maximum atomic E-state index is 13.6. The molecule has 1 saturated carbocycles. The van der Waals surface area contributed by atoms with E-state index in [1.807, 2.05) is 6.07 Å². The highest BCUT2D eigenvalue weighted by atomic mass is 35.5. The zero-order valence-electron chi connectivity index (χ0n) is 13.5. The van der Waals surface area contributed by atoms with Gasteiger partial charge in [-0.15, -0.1) is 0 Å². The highest BCUT2D eigenvalue weighted by Gasteiger charge is 2.28. The summed E-state index contributed by atoms with van der Waals surface area (Å²) in [6, 6.07) is 5.39. The van der Waals surface area contributed by atoms with E-state index in [9.17, 15) is 4.39 Å². The first-order valence-electron chi connectivity index (χ1n) is 8.23. The van der Waals surface area contributed by atoms with Gasteiger partial charge in [-0.1, -0.05) is 17.7 Å². The van der Waals surface area contributed by atoms with Crippen molar-refractivity contribution in [2.45, 2.75) is 31.7 Å². The molecule has 2 unspecified atom stereocenters. The van der Waals surface area contributed by atoms with Crippen molar-refractivity contribution in [3.8, 4) is 0 Å². The SMILES string of the molecule is NNc1ncnc2c1ncn2C1CCC(Cc2ccc(Cl)c(F)c2)C1. The number of nitrogen functional groups attached to an aromatic ring is 1. The van der Waals surface area contributed by atoms with Crippen molar-refractivity contribution in [2.24, 2.45) is 11.8 Å². The standard InChI is InChI=1S/C17H18ClFN6/c18-13-4-2-11(7-14(13)19)5-10-1-3-12(6-10)25-9-23-15-16(24-20)21-8-22-17(15)25/h2,4,7-10,12H,1,3,5-6,20H2,(H,21,22,24). The highest BCUT2D eigenvalue weighted by Crippen LogP contribution is 2.38. The number of nitrogens with two attached hydrogens (primary N) is 1. The predicted molar refractivity (Wildman–Crippen MR) is 94.6 cm³/mol. The fourth-order valence-electron chi connectivity index (χ4n) is 3.71. The lowest BCUT2D eigenvalue weighted by Crippen LogP contribution is -2.10. The fourth-order valence-corrected chi connectivity index (χ4v) is 3.83. The van der Waals surface area contributed by atoms with Crippen LogP contribution in [0.2, 0.25) is 5.02 Å². The Labute approximate surface area is 149 Å². The molecule has 1 aliphatic rings. The smallest absolute Gasteiger partial charge is 0.171 e. The molecule has 0 saturated heterocycles. The zero-order valence-corrected chi connectivity index (χ0v) is 14.2. The van der Waals surface area contributed by atoms with Crippen LogP contribution in [0.3, 0.4) is 0 Å². The number of nitrogens with zero attached hydrogens (tertiary/aromatic N) is 4. The van der Waals surface area contributed by atoms with Crippen molar-refractivity contribution < 1.29 is 4.39 Å². The van der Waals surface area contributed by atoms with Gasteiger partial charge in [-0.2, -0.15) is 0 Å². The van der Waals surface area contributed by atoms with Crippen molar-refractivity contribution in [2.75, 3.05) is 5.43 Å². The largest absolute Gasteiger partial charge is 0.312 e. The molecular weight excluding hydrogens is 343 g/mol. The number of aromatic nitrogens is 4. The van der Waals surface area contributed by atoms with Crippen LogP contribution < -0.4 is 11.3 Å². The Morgan fingerprint density at radius 2 is 2.16 bits per heavy atom. The Morgan fingerprint density at radius 1 is 1.28 bits per heavy atom. The average molecular weight is 361 g/mol. The second-order valence-electron chi connectivity index (χ2n) is 6.48. The van der Waals surface area contributed by atoms with Crippen LogP contribution in [-0.4, -0.2) is 19.5 Å². The minimum absolute atomic E-state index is 0.168. The van der Waals surface area contributed by atoms with Crippen LogP contribution in [0.15, 0.2) is 30.9 Å². The van der Waals surface area contributed by atoms with E-state index in [4.69, 9.17) is 17.4 Å². The van der Waals surface area contributed by atoms with Crippen LogP contribution in [0, 0.1) is 11.7 Å². The van der Waals surface area contributed by atoms with Crippen molar-refractivity contribution in [3.63, 3.8) is 0 Å². The monoisotopic (exact) mass is 360 g/mol. The minimum Gasteiger partial charge on any atom is -0.312 e. The Kier molecular flexibility index (Phi) is 4.27. The van der Waals surface area contributed by atoms with Gasteiger partial charge in [-0.25, -0.2) is 25.2 Å². The van der Waals surface area contributed by atoms with Crippen molar-refractivity contribution in [3.05, 3.63) is 47.3 Å². The zero-order chi connectivity index (χ0) is 17.4. The summed E-state index contributed by atoms with van der Waals surface area (Å²) in [5, 5.41) is 0.168. The molecule has 0 aliphatic heterocycles. The number of hydrogen-bond acceptors (Lipinski definition) is 5. The number of benzene rings is 1. The molecule has 1 aliphatic carbocycles. The molecule has 2 atom stereocenters. The first kappa shape index (κ1) is 16.2. The van der Waals surface area contributed by atoms with Gasteiger partial charge in [-0.05, 0) is 49.3 Å². The van der Waals surface area contributed by atoms with Crippen LogP contribution in [0.1, 0.15) is 30.9 Å². The van der Waals surface area contributed by atoms with E-state index in [0.29, 0.717) is 23.3 Å². The third kappa shape index (κ3) is 3.05. The van der Waals surface area contributed by atoms with Crippen LogP contribution in [-0.2, 0) is 6.42 Å². The molecule has 130 valence electrons. The first-order valence-corrected chi connectivity index (χ1v) is 8.61. The Morgan fingerprint density at radius 3 is 2.96 bits per heavy atom. The van der Waals surface area contributed by atoms with Crippen LogP contribution in [0.25, 0.3) is 11.2 Å². The van der Waals surface area contributed by atoms with Crippen LogP contribution in [0.4, 0.5) is 10.2 Å². The normalized spacial score (nSPS) is 20.3. The lowest BCUT2D eigenvalue weighted by Gasteiger charge is -2.14. The summed E-state index contributed by atoms with van der Waals surface area (Å²) in [4.78, 5) is 12.8. The van der Waals surface area contributed by atoms with Gasteiger partial charge in [0.2, 0.25) is 0 Å². The lowest BCUT2D eigenvalue weighted by atomic mass is 9.98. The molecular formula is C17H18ClFN6. The molecule has 4 rings (SSSR count). The van der Waals surface area contributed by atoms with Gasteiger partial charge < -0.3 is 9.99 Å². The number of halogens is 2. The van der Waals surface area contributed by atoms with Crippen LogP contribution >= 0.6 is 11.6 Å². The van der Waals surface area contributed by atoms with Gasteiger partial charge in [0.05, 0.1) is 11.3 Å². The van der Waals surface area contributed by atoms with Gasteiger partial charge in [0.15, 0.2) is 17.0 Å². The van der Waals surface area contributed by atoms with Gasteiger partial charge in [0.1, 0.15) is 12.1 Å². The van der Waals surface area contributed by atoms with Gasteiger partial charge in [0, 0.05) is 6.04 Å². The summed E-state index contributed by atoms with van der Waals surface area (Å²) >= 11 is 5.76. The third-order valence-corrected chi connectivity index (χ3v) is 5.22. The number of hydrazine groups is 1. The number of fused-ring (bicyclic) bond motifs is 1. The molecule has 2 heterocycles. The molecule has 1 aromatic carbocycles. The van der Waals surface area contributed by atoms with Gasteiger partial charge >= 0.3 is 0 Å². The molecule has 8 heteroatoms. The van der Waals surface area contributed by atoms with E-state index in [1.165, 1.54) is 12.4 Å². The second-order valence-corrected chi connectivity index (χ2v) is 6.88. The highest BCUT2D eigenvalue weighted by molar-refractivity contribution is 6.30. The molecule has 0 spiro atoms. The molecule has 0 amide bonds. The Hall–Kier alpha value is -2.25. The number of hydrogen-bond donors (Lipinski definition) is 2. The van der Waals surface area contributed by atoms with Crippen molar-refractivity contribution >= 4 is 28.6 Å². The maximum absolute atomic E-state index is 13.6. The quantitative estimate of drug-likeness (QED) is 0.549. The number of imidazole rings is 1. The maximum Gasteiger partial charge on any atom is 0.171 e. The van der Waals surface area contributed by atoms with E-state index in [2.05, 4.69) is 24.9 Å². The van der Waals surface area contributed by atoms with E-state index >= 15 is 0 Å². The molecule has 0 bridgehead atoms. The Balaban J connectivity index is 1.52. The molecule has 1 fully saturated rings. The van der Waals surface area contributed by atoms with Gasteiger partial charge in [-0.3, -0.25) is 0 Å². The number of rotatable bonds is 4. The summed E-state index contributed by atoms with van der Waals surface area (Å²) in [6.45, 7) is 0. The molecule has 2 aromatic heterocycles. The molecule has 3 N–H and O–H groups in total. The fraction of sp³-hybridized carbons (Fsp3) is 0.353. The molecule has 6 nitrogen and oxygen atoms in total. The van der Waals surface area contributed by atoms with Crippen molar-refractivity contribution in [1.29, 1.82) is 0 Å². The molecule has 3 aromatic rings.